The Hall–Kier alpha value is -1.84. The lowest BCUT2D eigenvalue weighted by Crippen LogP contribution is -2.35. The summed E-state index contributed by atoms with van der Waals surface area (Å²) >= 11 is 0. The van der Waals surface area contributed by atoms with Gasteiger partial charge in [0.2, 0.25) is 11.8 Å². The molecule has 1 atom stereocenters. The summed E-state index contributed by atoms with van der Waals surface area (Å²) in [5, 5.41) is 2.92. The Morgan fingerprint density at radius 2 is 2.10 bits per heavy atom. The summed E-state index contributed by atoms with van der Waals surface area (Å²) in [6, 6.07) is 8.04. The number of nitrogens with zero attached hydrogens (tertiary/aromatic N) is 1. The second-order valence-corrected chi connectivity index (χ2v) is 5.68. The van der Waals surface area contributed by atoms with Crippen molar-refractivity contribution in [3.05, 3.63) is 29.8 Å². The molecule has 4 nitrogen and oxygen atoms in total. The van der Waals surface area contributed by atoms with Gasteiger partial charge >= 0.3 is 0 Å². The zero-order valence-corrected chi connectivity index (χ0v) is 12.3. The largest absolute Gasteiger partial charge is 0.343 e. The number of benzene rings is 1. The van der Waals surface area contributed by atoms with E-state index in [0.717, 1.165) is 17.7 Å². The second kappa shape index (κ2) is 6.07. The van der Waals surface area contributed by atoms with Gasteiger partial charge in [0, 0.05) is 31.1 Å². The van der Waals surface area contributed by atoms with E-state index in [-0.39, 0.29) is 23.8 Å². The third-order valence-electron chi connectivity index (χ3n) is 3.99. The lowest BCUT2D eigenvalue weighted by atomic mass is 9.89. The van der Waals surface area contributed by atoms with Crippen LogP contribution in [0, 0.1) is 5.92 Å². The number of amides is 2. The third kappa shape index (κ3) is 3.18. The topological polar surface area (TPSA) is 49.4 Å². The summed E-state index contributed by atoms with van der Waals surface area (Å²) in [4.78, 5) is 25.7. The number of hydrogen-bond acceptors (Lipinski definition) is 2. The predicted octanol–water partition coefficient (Wildman–Crippen LogP) is 2.44. The minimum atomic E-state index is -0.102. The van der Waals surface area contributed by atoms with Crippen molar-refractivity contribution < 1.29 is 9.59 Å². The van der Waals surface area contributed by atoms with Gasteiger partial charge in [-0.15, -0.1) is 0 Å². The molecular formula is C16H22N2O2. The van der Waals surface area contributed by atoms with Crippen LogP contribution in [0.15, 0.2) is 24.3 Å². The third-order valence-corrected chi connectivity index (χ3v) is 3.99. The maximum atomic E-state index is 12.0. The highest BCUT2D eigenvalue weighted by molar-refractivity contribution is 5.96. The molecule has 0 saturated heterocycles. The quantitative estimate of drug-likeness (QED) is 0.916. The molecule has 1 aliphatic heterocycles. The fourth-order valence-corrected chi connectivity index (χ4v) is 2.41. The molecule has 0 aromatic heterocycles. The van der Waals surface area contributed by atoms with E-state index in [1.807, 2.05) is 45.2 Å². The highest BCUT2D eigenvalue weighted by Crippen LogP contribution is 2.27. The molecule has 1 unspecified atom stereocenters. The molecule has 1 heterocycles. The molecule has 1 aliphatic rings. The first kappa shape index (κ1) is 14.6. The van der Waals surface area contributed by atoms with Gasteiger partial charge in [-0.25, -0.2) is 0 Å². The number of nitrogens with one attached hydrogen (secondary N) is 1. The van der Waals surface area contributed by atoms with Gasteiger partial charge in [0.15, 0.2) is 0 Å². The Morgan fingerprint density at radius 1 is 1.40 bits per heavy atom. The number of para-hydroxylation sites is 1. The van der Waals surface area contributed by atoms with E-state index in [1.165, 1.54) is 0 Å². The summed E-state index contributed by atoms with van der Waals surface area (Å²) in [7, 11) is 1.81. The van der Waals surface area contributed by atoms with Crippen molar-refractivity contribution in [3.8, 4) is 0 Å². The Bertz CT molecular complexity index is 511. The first-order valence-electron chi connectivity index (χ1n) is 7.13. The van der Waals surface area contributed by atoms with Gasteiger partial charge in [0.25, 0.3) is 0 Å². The number of anilines is 1. The zero-order valence-electron chi connectivity index (χ0n) is 12.3. The molecule has 0 fully saturated rings. The molecule has 2 rings (SSSR count). The van der Waals surface area contributed by atoms with E-state index < -0.39 is 0 Å². The van der Waals surface area contributed by atoms with E-state index in [9.17, 15) is 9.59 Å². The maximum absolute atomic E-state index is 12.0. The van der Waals surface area contributed by atoms with E-state index in [2.05, 4.69) is 5.32 Å². The normalized spacial score (nSPS) is 17.6. The molecule has 1 aromatic carbocycles. The van der Waals surface area contributed by atoms with Crippen LogP contribution in [-0.4, -0.2) is 29.8 Å². The van der Waals surface area contributed by atoms with Crippen LogP contribution < -0.4 is 5.32 Å². The summed E-state index contributed by atoms with van der Waals surface area (Å²) in [6.45, 7) is 3.98. The molecular weight excluding hydrogens is 252 g/mol. The van der Waals surface area contributed by atoms with Crippen LogP contribution >= 0.6 is 0 Å². The summed E-state index contributed by atoms with van der Waals surface area (Å²) in [5.41, 5.74) is 2.06. The van der Waals surface area contributed by atoms with Gasteiger partial charge in [-0.1, -0.05) is 18.2 Å². The molecule has 0 aliphatic carbocycles. The van der Waals surface area contributed by atoms with Crippen LogP contribution in [-0.2, 0) is 16.0 Å². The van der Waals surface area contributed by atoms with E-state index >= 15 is 0 Å². The van der Waals surface area contributed by atoms with Crippen LogP contribution in [0.2, 0.25) is 0 Å². The van der Waals surface area contributed by atoms with Crippen molar-refractivity contribution in [2.24, 2.45) is 5.92 Å². The fourth-order valence-electron chi connectivity index (χ4n) is 2.41. The number of rotatable bonds is 4. The number of carbonyl (C=O) groups is 2. The minimum Gasteiger partial charge on any atom is -0.343 e. The van der Waals surface area contributed by atoms with Gasteiger partial charge in [-0.05, 0) is 38.3 Å². The monoisotopic (exact) mass is 274 g/mol. The molecule has 0 saturated carbocycles. The molecule has 0 radical (unpaired) electrons. The highest BCUT2D eigenvalue weighted by Gasteiger charge is 2.26. The smallest absolute Gasteiger partial charge is 0.227 e. The van der Waals surface area contributed by atoms with Crippen molar-refractivity contribution in [1.82, 2.24) is 4.90 Å². The van der Waals surface area contributed by atoms with Gasteiger partial charge in [-0.2, -0.15) is 0 Å². The average molecular weight is 274 g/mol. The van der Waals surface area contributed by atoms with Crippen molar-refractivity contribution in [2.75, 3.05) is 12.4 Å². The van der Waals surface area contributed by atoms with Crippen LogP contribution in [0.3, 0.4) is 0 Å². The molecule has 4 heteroatoms. The zero-order chi connectivity index (χ0) is 14.7. The Labute approximate surface area is 120 Å². The second-order valence-electron chi connectivity index (χ2n) is 5.68. The van der Waals surface area contributed by atoms with Crippen molar-refractivity contribution in [1.29, 1.82) is 0 Å². The maximum Gasteiger partial charge on any atom is 0.227 e. The van der Waals surface area contributed by atoms with E-state index in [0.29, 0.717) is 12.8 Å². The summed E-state index contributed by atoms with van der Waals surface area (Å²) in [5.74, 6) is 0.0322. The Kier molecular flexibility index (Phi) is 4.42. The van der Waals surface area contributed by atoms with E-state index in [4.69, 9.17) is 0 Å². The summed E-state index contributed by atoms with van der Waals surface area (Å²) in [6.07, 6.45) is 1.76. The Balaban J connectivity index is 1.95. The van der Waals surface area contributed by atoms with E-state index in [1.54, 1.807) is 4.90 Å². The molecule has 1 aromatic rings. The average Bonchev–Trinajstić information content (AvgIpc) is 2.43. The van der Waals surface area contributed by atoms with Gasteiger partial charge < -0.3 is 10.2 Å². The molecule has 0 spiro atoms. The van der Waals surface area contributed by atoms with Crippen LogP contribution in [0.25, 0.3) is 0 Å². The molecule has 108 valence electrons. The molecule has 1 N–H and O–H groups in total. The number of hydrogen-bond donors (Lipinski definition) is 1. The molecule has 20 heavy (non-hydrogen) atoms. The minimum absolute atomic E-state index is 0.0312. The van der Waals surface area contributed by atoms with Crippen molar-refractivity contribution in [3.63, 3.8) is 0 Å². The van der Waals surface area contributed by atoms with Gasteiger partial charge in [0.1, 0.15) is 0 Å². The molecule has 0 bridgehead atoms. The first-order chi connectivity index (χ1) is 9.49. The summed E-state index contributed by atoms with van der Waals surface area (Å²) < 4.78 is 0. The van der Waals surface area contributed by atoms with Gasteiger partial charge in [-0.3, -0.25) is 9.59 Å². The standard InChI is InChI=1S/C16H22N2O2/c1-11(2)18(3)15(19)9-8-13-10-12-6-4-5-7-14(12)17-16(13)20/h4-7,11,13H,8-10H2,1-3H3,(H,17,20). The van der Waals surface area contributed by atoms with Gasteiger partial charge in [0.05, 0.1) is 0 Å². The Morgan fingerprint density at radius 3 is 2.80 bits per heavy atom. The van der Waals surface area contributed by atoms with Crippen molar-refractivity contribution >= 4 is 17.5 Å². The SMILES string of the molecule is CC(C)N(C)C(=O)CCC1Cc2ccccc2NC1=O. The number of fused-ring (bicyclic) bond motifs is 1. The van der Waals surface area contributed by atoms with Crippen molar-refractivity contribution in [2.45, 2.75) is 39.2 Å². The van der Waals surface area contributed by atoms with Crippen LogP contribution in [0.4, 0.5) is 5.69 Å². The lowest BCUT2D eigenvalue weighted by Gasteiger charge is -2.26. The predicted molar refractivity (Wildman–Crippen MR) is 79.4 cm³/mol. The molecule has 2 amide bonds. The number of carbonyl (C=O) groups excluding carboxylic acids is 2. The first-order valence-corrected chi connectivity index (χ1v) is 7.13. The van der Waals surface area contributed by atoms with Crippen LogP contribution in [0.5, 0.6) is 0 Å². The van der Waals surface area contributed by atoms with Crippen LogP contribution in [0.1, 0.15) is 32.3 Å². The lowest BCUT2D eigenvalue weighted by molar-refractivity contribution is -0.131. The highest BCUT2D eigenvalue weighted by atomic mass is 16.2. The fraction of sp³-hybridized carbons (Fsp3) is 0.500.